The molecule has 0 aliphatic carbocycles. The first-order valence-corrected chi connectivity index (χ1v) is 7.33. The van der Waals surface area contributed by atoms with E-state index in [1.807, 2.05) is 63.2 Å². The number of nitrogens with one attached hydrogen (secondary N) is 2. The van der Waals surface area contributed by atoms with Gasteiger partial charge in [0.15, 0.2) is 0 Å². The van der Waals surface area contributed by atoms with Crippen LogP contribution in [0.5, 0.6) is 0 Å². The minimum Gasteiger partial charge on any atom is -0.387 e. The SMILES string of the molecule is Cc1ccc(C(O)CNC(=O)Nc2c(C)cccc2C)cc1. The molecule has 0 heterocycles. The van der Waals surface area contributed by atoms with Gasteiger partial charge in [-0.25, -0.2) is 4.79 Å². The standard InChI is InChI=1S/C18H22N2O2/c1-12-7-9-15(10-8-12)16(21)11-19-18(22)20-17-13(2)5-4-6-14(17)3/h4-10,16,21H,11H2,1-3H3,(H2,19,20,22). The second-order valence-electron chi connectivity index (χ2n) is 5.53. The van der Waals surface area contributed by atoms with Crippen LogP contribution in [-0.2, 0) is 0 Å². The van der Waals surface area contributed by atoms with Crippen molar-refractivity contribution >= 4 is 11.7 Å². The van der Waals surface area contributed by atoms with Crippen LogP contribution in [0.3, 0.4) is 0 Å². The largest absolute Gasteiger partial charge is 0.387 e. The molecule has 1 unspecified atom stereocenters. The Bertz CT molecular complexity index is 630. The number of aryl methyl sites for hydroxylation is 3. The maximum atomic E-state index is 12.0. The van der Waals surface area contributed by atoms with Crippen molar-refractivity contribution in [2.45, 2.75) is 26.9 Å². The second kappa shape index (κ2) is 7.09. The third-order valence-corrected chi connectivity index (χ3v) is 3.64. The van der Waals surface area contributed by atoms with Crippen LogP contribution in [0.25, 0.3) is 0 Å². The van der Waals surface area contributed by atoms with E-state index in [4.69, 9.17) is 0 Å². The molecule has 4 heteroatoms. The molecule has 22 heavy (non-hydrogen) atoms. The van der Waals surface area contributed by atoms with E-state index in [0.29, 0.717) is 0 Å². The van der Waals surface area contributed by atoms with Crippen molar-refractivity contribution in [1.82, 2.24) is 5.32 Å². The third kappa shape index (κ3) is 4.09. The van der Waals surface area contributed by atoms with Crippen molar-refractivity contribution in [1.29, 1.82) is 0 Å². The number of rotatable bonds is 4. The van der Waals surface area contributed by atoms with E-state index in [1.165, 1.54) is 0 Å². The summed E-state index contributed by atoms with van der Waals surface area (Å²) in [5, 5.41) is 15.6. The molecule has 2 aromatic rings. The van der Waals surface area contributed by atoms with Crippen LogP contribution < -0.4 is 10.6 Å². The molecule has 4 nitrogen and oxygen atoms in total. The molecule has 3 N–H and O–H groups in total. The minimum atomic E-state index is -0.718. The fourth-order valence-corrected chi connectivity index (χ4v) is 2.27. The molecule has 0 aliphatic heterocycles. The molecule has 2 aromatic carbocycles. The third-order valence-electron chi connectivity index (χ3n) is 3.64. The summed E-state index contributed by atoms with van der Waals surface area (Å²) < 4.78 is 0. The number of carbonyl (C=O) groups excluding carboxylic acids is 1. The number of aliphatic hydroxyl groups is 1. The normalized spacial score (nSPS) is 11.8. The summed E-state index contributed by atoms with van der Waals surface area (Å²) in [6.45, 7) is 6.06. The number of benzene rings is 2. The maximum absolute atomic E-state index is 12.0. The molecule has 0 saturated carbocycles. The predicted molar refractivity (Wildman–Crippen MR) is 89.1 cm³/mol. The number of hydrogen-bond donors (Lipinski definition) is 3. The molecule has 0 aromatic heterocycles. The van der Waals surface area contributed by atoms with Gasteiger partial charge in [0.05, 0.1) is 6.10 Å². The Labute approximate surface area is 131 Å². The lowest BCUT2D eigenvalue weighted by Crippen LogP contribution is -2.32. The first kappa shape index (κ1) is 16.0. The van der Waals surface area contributed by atoms with Crippen LogP contribution in [0.4, 0.5) is 10.5 Å². The summed E-state index contributed by atoms with van der Waals surface area (Å²) in [7, 11) is 0. The van der Waals surface area contributed by atoms with E-state index in [1.54, 1.807) is 0 Å². The summed E-state index contributed by atoms with van der Waals surface area (Å²) >= 11 is 0. The van der Waals surface area contributed by atoms with Gasteiger partial charge in [0.1, 0.15) is 0 Å². The zero-order valence-corrected chi connectivity index (χ0v) is 13.2. The van der Waals surface area contributed by atoms with E-state index in [-0.39, 0.29) is 12.6 Å². The number of hydrogen-bond acceptors (Lipinski definition) is 2. The highest BCUT2D eigenvalue weighted by atomic mass is 16.3. The quantitative estimate of drug-likeness (QED) is 0.809. The van der Waals surface area contributed by atoms with Gasteiger partial charge in [-0.05, 0) is 37.5 Å². The number of urea groups is 1. The zero-order valence-electron chi connectivity index (χ0n) is 13.2. The lowest BCUT2D eigenvalue weighted by atomic mass is 10.1. The Balaban J connectivity index is 1.91. The molecular weight excluding hydrogens is 276 g/mol. The Hall–Kier alpha value is -2.33. The number of amides is 2. The maximum Gasteiger partial charge on any atom is 0.319 e. The van der Waals surface area contributed by atoms with Crippen LogP contribution in [0.2, 0.25) is 0 Å². The molecule has 0 fully saturated rings. The van der Waals surface area contributed by atoms with E-state index in [9.17, 15) is 9.90 Å². The average molecular weight is 298 g/mol. The molecule has 0 spiro atoms. The molecule has 0 saturated heterocycles. The van der Waals surface area contributed by atoms with E-state index in [2.05, 4.69) is 10.6 Å². The van der Waals surface area contributed by atoms with Gasteiger partial charge in [-0.2, -0.15) is 0 Å². The van der Waals surface area contributed by atoms with E-state index >= 15 is 0 Å². The predicted octanol–water partition coefficient (Wildman–Crippen LogP) is 3.47. The van der Waals surface area contributed by atoms with Crippen molar-refractivity contribution in [2.24, 2.45) is 0 Å². The van der Waals surface area contributed by atoms with Gasteiger partial charge in [0, 0.05) is 12.2 Å². The van der Waals surface area contributed by atoms with Gasteiger partial charge in [0.2, 0.25) is 0 Å². The monoisotopic (exact) mass is 298 g/mol. The zero-order chi connectivity index (χ0) is 16.1. The Morgan fingerprint density at radius 3 is 2.23 bits per heavy atom. The summed E-state index contributed by atoms with van der Waals surface area (Å²) in [6.07, 6.45) is -0.718. The van der Waals surface area contributed by atoms with Crippen molar-refractivity contribution in [3.05, 3.63) is 64.7 Å². The molecule has 2 rings (SSSR count). The van der Waals surface area contributed by atoms with Crippen LogP contribution in [0.1, 0.15) is 28.4 Å². The van der Waals surface area contributed by atoms with Gasteiger partial charge in [-0.15, -0.1) is 0 Å². The Morgan fingerprint density at radius 1 is 1.05 bits per heavy atom. The van der Waals surface area contributed by atoms with Crippen molar-refractivity contribution < 1.29 is 9.90 Å². The highest BCUT2D eigenvalue weighted by Crippen LogP contribution is 2.19. The lowest BCUT2D eigenvalue weighted by Gasteiger charge is -2.15. The lowest BCUT2D eigenvalue weighted by molar-refractivity contribution is 0.175. The van der Waals surface area contributed by atoms with Crippen LogP contribution in [0, 0.1) is 20.8 Å². The molecule has 0 radical (unpaired) electrons. The fraction of sp³-hybridized carbons (Fsp3) is 0.278. The minimum absolute atomic E-state index is 0.166. The fourth-order valence-electron chi connectivity index (χ4n) is 2.27. The highest BCUT2D eigenvalue weighted by molar-refractivity contribution is 5.90. The number of aliphatic hydroxyl groups excluding tert-OH is 1. The number of carbonyl (C=O) groups is 1. The van der Waals surface area contributed by atoms with Crippen molar-refractivity contribution in [3.8, 4) is 0 Å². The van der Waals surface area contributed by atoms with E-state index < -0.39 is 6.10 Å². The van der Waals surface area contributed by atoms with Crippen LogP contribution in [-0.4, -0.2) is 17.7 Å². The molecule has 116 valence electrons. The average Bonchev–Trinajstić information content (AvgIpc) is 2.49. The molecule has 0 bridgehead atoms. The molecule has 0 aliphatic rings. The topological polar surface area (TPSA) is 61.4 Å². The molecule has 2 amide bonds. The van der Waals surface area contributed by atoms with E-state index in [0.717, 1.165) is 27.9 Å². The van der Waals surface area contributed by atoms with Crippen LogP contribution >= 0.6 is 0 Å². The molecule has 1 atom stereocenters. The van der Waals surface area contributed by atoms with Gasteiger partial charge in [-0.1, -0.05) is 48.0 Å². The number of anilines is 1. The summed E-state index contributed by atoms with van der Waals surface area (Å²) in [5.74, 6) is 0. The first-order valence-electron chi connectivity index (χ1n) is 7.33. The van der Waals surface area contributed by atoms with Gasteiger partial charge >= 0.3 is 6.03 Å². The highest BCUT2D eigenvalue weighted by Gasteiger charge is 2.11. The Kier molecular flexibility index (Phi) is 5.17. The second-order valence-corrected chi connectivity index (χ2v) is 5.53. The van der Waals surface area contributed by atoms with Crippen LogP contribution in [0.15, 0.2) is 42.5 Å². The van der Waals surface area contributed by atoms with Gasteiger partial charge in [0.25, 0.3) is 0 Å². The number of para-hydroxylation sites is 1. The molecular formula is C18H22N2O2. The van der Waals surface area contributed by atoms with Gasteiger partial charge in [-0.3, -0.25) is 0 Å². The summed E-state index contributed by atoms with van der Waals surface area (Å²) in [5.41, 5.74) is 4.75. The van der Waals surface area contributed by atoms with Crippen molar-refractivity contribution in [3.63, 3.8) is 0 Å². The summed E-state index contributed by atoms with van der Waals surface area (Å²) in [6, 6.07) is 13.1. The van der Waals surface area contributed by atoms with Crippen molar-refractivity contribution in [2.75, 3.05) is 11.9 Å². The Morgan fingerprint density at radius 2 is 1.64 bits per heavy atom. The summed E-state index contributed by atoms with van der Waals surface area (Å²) in [4.78, 5) is 12.0. The first-order chi connectivity index (χ1) is 10.5. The van der Waals surface area contributed by atoms with Gasteiger partial charge < -0.3 is 15.7 Å². The smallest absolute Gasteiger partial charge is 0.319 e.